The van der Waals surface area contributed by atoms with Crippen LogP contribution in [0.4, 0.5) is 5.69 Å². The average molecular weight is 371 g/mol. The Kier molecular flexibility index (Phi) is 4.08. The molecule has 1 aliphatic carbocycles. The number of nitrogens with one attached hydrogen (secondary N) is 1. The Bertz CT molecular complexity index is 1030. The van der Waals surface area contributed by atoms with Crippen LogP contribution in [0.5, 0.6) is 11.6 Å². The highest BCUT2D eigenvalue weighted by Gasteiger charge is 2.35. The van der Waals surface area contributed by atoms with E-state index in [9.17, 15) is 8.42 Å². The second kappa shape index (κ2) is 6.41. The van der Waals surface area contributed by atoms with E-state index in [1.807, 2.05) is 17.7 Å². The molecular weight excluding hydrogens is 354 g/mol. The van der Waals surface area contributed by atoms with Crippen LogP contribution in [0.25, 0.3) is 5.82 Å². The summed E-state index contributed by atoms with van der Waals surface area (Å²) in [6.07, 6.45) is 6.37. The zero-order valence-electron chi connectivity index (χ0n) is 14.0. The molecule has 0 radical (unpaired) electrons. The lowest BCUT2D eigenvalue weighted by Gasteiger charge is -2.09. The Morgan fingerprint density at radius 1 is 1.15 bits per heavy atom. The average Bonchev–Trinajstić information content (AvgIpc) is 3.40. The van der Waals surface area contributed by atoms with Crippen LogP contribution in [0.2, 0.25) is 0 Å². The summed E-state index contributed by atoms with van der Waals surface area (Å²) in [5.74, 6) is 2.39. The highest BCUT2D eigenvalue weighted by Crippen LogP contribution is 2.30. The molecule has 0 aliphatic heterocycles. The van der Waals surface area contributed by atoms with Gasteiger partial charge < -0.3 is 4.74 Å². The van der Waals surface area contributed by atoms with E-state index in [0.29, 0.717) is 23.1 Å². The van der Waals surface area contributed by atoms with E-state index in [1.54, 1.807) is 36.5 Å². The minimum Gasteiger partial charge on any atom is -0.439 e. The fraction of sp³-hybridized carbons (Fsp3) is 0.235. The molecule has 1 saturated carbocycles. The Balaban J connectivity index is 1.48. The van der Waals surface area contributed by atoms with Crippen molar-refractivity contribution in [2.24, 2.45) is 0 Å². The maximum Gasteiger partial charge on any atom is 0.235 e. The molecule has 2 heterocycles. The van der Waals surface area contributed by atoms with E-state index in [1.165, 1.54) is 6.33 Å². The predicted octanol–water partition coefficient (Wildman–Crippen LogP) is 2.67. The number of anilines is 1. The molecular formula is C17H17N5O3S. The standard InChI is InChI=1S/C17H17N5O3S/c1-12-18-8-9-22(12)16-10-17(20-11-19-16)25-14-4-2-13(3-5-14)21-26(23,24)15-6-7-15/h2-5,8-11,15,21H,6-7H2,1H3. The number of imidazole rings is 1. The molecule has 0 spiro atoms. The normalized spacial score (nSPS) is 14.2. The summed E-state index contributed by atoms with van der Waals surface area (Å²) in [6, 6.07) is 8.41. The lowest BCUT2D eigenvalue weighted by molar-refractivity contribution is 0.461. The molecule has 0 bridgehead atoms. The van der Waals surface area contributed by atoms with Gasteiger partial charge in [-0.15, -0.1) is 0 Å². The van der Waals surface area contributed by atoms with Gasteiger partial charge in [-0.2, -0.15) is 0 Å². The van der Waals surface area contributed by atoms with Gasteiger partial charge in [0, 0.05) is 24.1 Å². The summed E-state index contributed by atoms with van der Waals surface area (Å²) >= 11 is 0. The van der Waals surface area contributed by atoms with Crippen LogP contribution in [-0.2, 0) is 10.0 Å². The number of ether oxygens (including phenoxy) is 1. The summed E-state index contributed by atoms with van der Waals surface area (Å²) < 4.78 is 34.0. The molecule has 9 heteroatoms. The van der Waals surface area contributed by atoms with E-state index in [2.05, 4.69) is 19.7 Å². The molecule has 1 N–H and O–H groups in total. The van der Waals surface area contributed by atoms with Crippen molar-refractivity contribution in [1.82, 2.24) is 19.5 Å². The molecule has 0 amide bonds. The Hall–Kier alpha value is -2.94. The first-order chi connectivity index (χ1) is 12.5. The third kappa shape index (κ3) is 3.52. The highest BCUT2D eigenvalue weighted by molar-refractivity contribution is 7.93. The second-order valence-electron chi connectivity index (χ2n) is 6.03. The Labute approximate surface area is 151 Å². The van der Waals surface area contributed by atoms with Crippen molar-refractivity contribution in [3.63, 3.8) is 0 Å². The monoisotopic (exact) mass is 371 g/mol. The number of hydrogen-bond donors (Lipinski definition) is 1. The van der Waals surface area contributed by atoms with Gasteiger partial charge in [0.25, 0.3) is 0 Å². The van der Waals surface area contributed by atoms with Crippen molar-refractivity contribution in [2.75, 3.05) is 4.72 Å². The lowest BCUT2D eigenvalue weighted by atomic mass is 10.3. The third-order valence-corrected chi connectivity index (χ3v) is 5.87. The number of sulfonamides is 1. The molecule has 4 rings (SSSR count). The number of nitrogens with zero attached hydrogens (tertiary/aromatic N) is 4. The van der Waals surface area contributed by atoms with Crippen LogP contribution in [0, 0.1) is 6.92 Å². The number of aryl methyl sites for hydroxylation is 1. The first kappa shape index (κ1) is 16.5. The molecule has 3 aromatic rings. The molecule has 8 nitrogen and oxygen atoms in total. The van der Waals surface area contributed by atoms with Crippen LogP contribution in [0.3, 0.4) is 0 Å². The van der Waals surface area contributed by atoms with Crippen molar-refractivity contribution in [2.45, 2.75) is 25.0 Å². The first-order valence-electron chi connectivity index (χ1n) is 8.13. The van der Waals surface area contributed by atoms with Crippen molar-refractivity contribution in [3.8, 4) is 17.4 Å². The van der Waals surface area contributed by atoms with Gasteiger partial charge in [-0.05, 0) is 44.0 Å². The van der Waals surface area contributed by atoms with Crippen LogP contribution in [0.15, 0.2) is 49.1 Å². The topological polar surface area (TPSA) is 99.0 Å². The van der Waals surface area contributed by atoms with E-state index >= 15 is 0 Å². The number of benzene rings is 1. The van der Waals surface area contributed by atoms with Crippen LogP contribution in [-0.4, -0.2) is 33.2 Å². The molecule has 134 valence electrons. The van der Waals surface area contributed by atoms with Crippen LogP contribution in [0.1, 0.15) is 18.7 Å². The SMILES string of the molecule is Cc1nccn1-c1cc(Oc2ccc(NS(=O)(=O)C3CC3)cc2)ncn1. The third-order valence-electron chi connectivity index (χ3n) is 4.00. The Morgan fingerprint density at radius 2 is 1.92 bits per heavy atom. The maximum atomic E-state index is 11.9. The van der Waals surface area contributed by atoms with Crippen molar-refractivity contribution in [1.29, 1.82) is 0 Å². The summed E-state index contributed by atoms with van der Waals surface area (Å²) in [7, 11) is -3.27. The molecule has 0 saturated heterocycles. The minimum atomic E-state index is -3.27. The van der Waals surface area contributed by atoms with Crippen molar-refractivity contribution >= 4 is 15.7 Å². The number of rotatable bonds is 6. The van der Waals surface area contributed by atoms with Gasteiger partial charge in [0.2, 0.25) is 15.9 Å². The molecule has 2 aromatic heterocycles. The van der Waals surface area contributed by atoms with Gasteiger partial charge in [0.05, 0.1) is 5.25 Å². The van der Waals surface area contributed by atoms with Gasteiger partial charge in [-0.3, -0.25) is 9.29 Å². The Morgan fingerprint density at radius 3 is 2.58 bits per heavy atom. The summed E-state index contributed by atoms with van der Waals surface area (Å²) in [4.78, 5) is 12.5. The highest BCUT2D eigenvalue weighted by atomic mass is 32.2. The van der Waals surface area contributed by atoms with Gasteiger partial charge in [-0.25, -0.2) is 23.4 Å². The summed E-state index contributed by atoms with van der Waals surface area (Å²) in [5, 5.41) is -0.260. The second-order valence-corrected chi connectivity index (χ2v) is 7.99. The molecule has 1 aromatic carbocycles. The van der Waals surface area contributed by atoms with Crippen molar-refractivity contribution < 1.29 is 13.2 Å². The van der Waals surface area contributed by atoms with E-state index in [4.69, 9.17) is 4.74 Å². The van der Waals surface area contributed by atoms with Gasteiger partial charge >= 0.3 is 0 Å². The quantitative estimate of drug-likeness (QED) is 0.715. The fourth-order valence-electron chi connectivity index (χ4n) is 2.48. The largest absolute Gasteiger partial charge is 0.439 e. The number of hydrogen-bond acceptors (Lipinski definition) is 6. The molecule has 0 atom stereocenters. The van der Waals surface area contributed by atoms with Gasteiger partial charge in [-0.1, -0.05) is 0 Å². The fourth-order valence-corrected chi connectivity index (χ4v) is 3.86. The molecule has 1 fully saturated rings. The summed E-state index contributed by atoms with van der Waals surface area (Å²) in [6.45, 7) is 1.88. The van der Waals surface area contributed by atoms with E-state index in [-0.39, 0.29) is 5.25 Å². The predicted molar refractivity (Wildman–Crippen MR) is 96.0 cm³/mol. The van der Waals surface area contributed by atoms with Gasteiger partial charge in [0.15, 0.2) is 0 Å². The minimum absolute atomic E-state index is 0.260. The molecule has 0 unspecified atom stereocenters. The van der Waals surface area contributed by atoms with E-state index < -0.39 is 10.0 Å². The first-order valence-corrected chi connectivity index (χ1v) is 9.68. The molecule has 26 heavy (non-hydrogen) atoms. The smallest absolute Gasteiger partial charge is 0.235 e. The number of aromatic nitrogens is 4. The van der Waals surface area contributed by atoms with Crippen molar-refractivity contribution in [3.05, 3.63) is 54.9 Å². The lowest BCUT2D eigenvalue weighted by Crippen LogP contribution is -2.17. The van der Waals surface area contributed by atoms with Gasteiger partial charge in [0.1, 0.15) is 23.7 Å². The van der Waals surface area contributed by atoms with E-state index in [0.717, 1.165) is 18.7 Å². The zero-order valence-corrected chi connectivity index (χ0v) is 14.8. The summed E-state index contributed by atoms with van der Waals surface area (Å²) in [5.41, 5.74) is 0.515. The maximum absolute atomic E-state index is 11.9. The zero-order chi connectivity index (χ0) is 18.1. The van der Waals surface area contributed by atoms with Crippen LogP contribution >= 0.6 is 0 Å². The molecule has 1 aliphatic rings. The van der Waals surface area contributed by atoms with Crippen LogP contribution < -0.4 is 9.46 Å².